The van der Waals surface area contributed by atoms with E-state index in [4.69, 9.17) is 9.97 Å². The SMILES string of the molecule is C.CC(C)(C)Nc1nc(NC2CCC(NCc3ccc(Br)cc3OC(F)(F)F)CC2)nc2ccccc12. The number of nitrogens with zero attached hydrogens (tertiary/aromatic N) is 2. The molecule has 0 atom stereocenters. The van der Waals surface area contributed by atoms with Gasteiger partial charge in [0, 0.05) is 39.6 Å². The molecule has 4 rings (SSSR count). The average Bonchev–Trinajstić information content (AvgIpc) is 2.77. The van der Waals surface area contributed by atoms with Crippen molar-refractivity contribution in [3.63, 3.8) is 0 Å². The summed E-state index contributed by atoms with van der Waals surface area (Å²) in [7, 11) is 0. The Kier molecular flexibility index (Phi) is 9.28. The second-order valence-corrected chi connectivity index (χ2v) is 11.1. The van der Waals surface area contributed by atoms with Crippen molar-refractivity contribution in [2.75, 3.05) is 10.6 Å². The van der Waals surface area contributed by atoms with Gasteiger partial charge in [0.15, 0.2) is 0 Å². The Bertz CT molecular complexity index is 1190. The third-order valence-corrected chi connectivity index (χ3v) is 6.49. The fourth-order valence-corrected chi connectivity index (χ4v) is 4.70. The molecule has 1 saturated carbocycles. The predicted octanol–water partition coefficient (Wildman–Crippen LogP) is 7.65. The van der Waals surface area contributed by atoms with Gasteiger partial charge in [0.2, 0.25) is 5.95 Å². The number of nitrogens with one attached hydrogen (secondary N) is 3. The van der Waals surface area contributed by atoms with Gasteiger partial charge >= 0.3 is 6.36 Å². The van der Waals surface area contributed by atoms with E-state index in [0.717, 1.165) is 42.4 Å². The quantitative estimate of drug-likeness (QED) is 0.266. The van der Waals surface area contributed by atoms with Gasteiger partial charge in [0.05, 0.1) is 5.52 Å². The van der Waals surface area contributed by atoms with E-state index in [1.807, 2.05) is 24.3 Å². The molecule has 1 aliphatic rings. The molecule has 202 valence electrons. The topological polar surface area (TPSA) is 71.1 Å². The second kappa shape index (κ2) is 11.9. The number of fused-ring (bicyclic) bond motifs is 1. The first-order chi connectivity index (χ1) is 16.9. The van der Waals surface area contributed by atoms with Crippen molar-refractivity contribution in [3.8, 4) is 5.75 Å². The van der Waals surface area contributed by atoms with Crippen LogP contribution < -0.4 is 20.7 Å². The molecule has 10 heteroatoms. The van der Waals surface area contributed by atoms with Crippen molar-refractivity contribution < 1.29 is 17.9 Å². The Hall–Kier alpha value is -2.59. The smallest absolute Gasteiger partial charge is 0.405 e. The maximum absolute atomic E-state index is 12.8. The van der Waals surface area contributed by atoms with Crippen LogP contribution in [0.2, 0.25) is 0 Å². The molecule has 0 aliphatic heterocycles. The molecular formula is C27H35BrF3N5O. The lowest BCUT2D eigenvalue weighted by atomic mass is 9.91. The molecule has 0 amide bonds. The molecule has 0 unspecified atom stereocenters. The molecule has 6 nitrogen and oxygen atoms in total. The third kappa shape index (κ3) is 8.46. The Morgan fingerprint density at radius 3 is 2.32 bits per heavy atom. The van der Waals surface area contributed by atoms with E-state index in [-0.39, 0.29) is 30.8 Å². The lowest BCUT2D eigenvalue weighted by molar-refractivity contribution is -0.274. The van der Waals surface area contributed by atoms with Gasteiger partial charge in [-0.3, -0.25) is 0 Å². The number of aromatic nitrogens is 2. The van der Waals surface area contributed by atoms with E-state index >= 15 is 0 Å². The van der Waals surface area contributed by atoms with Crippen molar-refractivity contribution in [2.24, 2.45) is 0 Å². The second-order valence-electron chi connectivity index (χ2n) is 10.2. The number of hydrogen-bond donors (Lipinski definition) is 3. The van der Waals surface area contributed by atoms with Crippen molar-refractivity contribution in [2.45, 2.75) is 84.4 Å². The number of anilines is 2. The van der Waals surface area contributed by atoms with E-state index in [9.17, 15) is 13.2 Å². The van der Waals surface area contributed by atoms with Crippen molar-refractivity contribution >= 4 is 38.6 Å². The van der Waals surface area contributed by atoms with Crippen LogP contribution in [0.4, 0.5) is 24.9 Å². The normalized spacial score (nSPS) is 18.2. The zero-order valence-corrected chi connectivity index (χ0v) is 22.1. The molecule has 1 heterocycles. The van der Waals surface area contributed by atoms with E-state index in [1.165, 1.54) is 6.07 Å². The molecule has 0 bridgehead atoms. The highest BCUT2D eigenvalue weighted by Gasteiger charge is 2.32. The monoisotopic (exact) mass is 581 g/mol. The van der Waals surface area contributed by atoms with E-state index in [2.05, 4.69) is 57.4 Å². The van der Waals surface area contributed by atoms with Gasteiger partial charge in [-0.05, 0) is 70.7 Å². The lowest BCUT2D eigenvalue weighted by Crippen LogP contribution is -2.37. The van der Waals surface area contributed by atoms with Crippen molar-refractivity contribution in [1.29, 1.82) is 0 Å². The minimum atomic E-state index is -4.73. The zero-order chi connectivity index (χ0) is 25.9. The van der Waals surface area contributed by atoms with Crippen LogP contribution in [0.25, 0.3) is 10.9 Å². The van der Waals surface area contributed by atoms with Crippen LogP contribution in [-0.4, -0.2) is 34.0 Å². The first kappa shape index (κ1) is 29.0. The van der Waals surface area contributed by atoms with E-state index in [1.54, 1.807) is 12.1 Å². The summed E-state index contributed by atoms with van der Waals surface area (Å²) < 4.78 is 43.1. The molecular weight excluding hydrogens is 547 g/mol. The molecule has 0 spiro atoms. The van der Waals surface area contributed by atoms with Crippen LogP contribution in [0.1, 0.15) is 59.4 Å². The maximum atomic E-state index is 12.8. The minimum absolute atomic E-state index is 0. The van der Waals surface area contributed by atoms with Gasteiger partial charge in [0.1, 0.15) is 11.6 Å². The van der Waals surface area contributed by atoms with Gasteiger partial charge in [-0.2, -0.15) is 4.98 Å². The Morgan fingerprint density at radius 1 is 0.973 bits per heavy atom. The van der Waals surface area contributed by atoms with E-state index in [0.29, 0.717) is 22.5 Å². The highest BCUT2D eigenvalue weighted by Crippen LogP contribution is 2.31. The predicted molar refractivity (Wildman–Crippen MR) is 147 cm³/mol. The van der Waals surface area contributed by atoms with Gasteiger partial charge < -0.3 is 20.7 Å². The van der Waals surface area contributed by atoms with Crippen LogP contribution in [0, 0.1) is 0 Å². The average molecular weight is 583 g/mol. The highest BCUT2D eigenvalue weighted by molar-refractivity contribution is 9.10. The van der Waals surface area contributed by atoms with Crippen LogP contribution >= 0.6 is 15.9 Å². The maximum Gasteiger partial charge on any atom is 0.573 e. The Labute approximate surface area is 224 Å². The third-order valence-electron chi connectivity index (χ3n) is 5.99. The number of alkyl halides is 3. The van der Waals surface area contributed by atoms with E-state index < -0.39 is 6.36 Å². The summed E-state index contributed by atoms with van der Waals surface area (Å²) in [6.07, 6.45) is -1.13. The first-order valence-corrected chi connectivity index (χ1v) is 12.8. The van der Waals surface area contributed by atoms with Gasteiger partial charge in [-0.15, -0.1) is 13.2 Å². The fraction of sp³-hybridized carbons (Fsp3) is 0.481. The molecule has 2 aromatic carbocycles. The molecule has 3 aromatic rings. The molecule has 1 aliphatic carbocycles. The van der Waals surface area contributed by atoms with Crippen molar-refractivity contribution in [3.05, 3.63) is 52.5 Å². The summed E-state index contributed by atoms with van der Waals surface area (Å²) >= 11 is 3.21. The van der Waals surface area contributed by atoms with Crippen LogP contribution in [-0.2, 0) is 6.54 Å². The Balaban J connectivity index is 0.00000380. The number of rotatable bonds is 7. The standard InChI is InChI=1S/C26H31BrF3N5O.CH4/c1-25(2,3)35-23-20-6-4-5-7-21(20)33-24(34-23)32-19-12-10-18(11-13-19)31-15-16-8-9-17(27)14-22(16)36-26(28,29)30;/h4-9,14,18-19,31H,10-13,15H2,1-3H3,(H2,32,33,34,35);1H4. The summed E-state index contributed by atoms with van der Waals surface area (Å²) in [6, 6.07) is 13.1. The van der Waals surface area contributed by atoms with Gasteiger partial charge in [-0.25, -0.2) is 4.98 Å². The largest absolute Gasteiger partial charge is 0.573 e. The zero-order valence-electron chi connectivity index (χ0n) is 20.5. The fourth-order valence-electron chi connectivity index (χ4n) is 4.36. The highest BCUT2D eigenvalue weighted by atomic mass is 79.9. The van der Waals surface area contributed by atoms with Gasteiger partial charge in [-0.1, -0.05) is 41.6 Å². The summed E-state index contributed by atoms with van der Waals surface area (Å²) in [4.78, 5) is 9.48. The van der Waals surface area contributed by atoms with Crippen LogP contribution in [0.15, 0.2) is 46.9 Å². The lowest BCUT2D eigenvalue weighted by Gasteiger charge is -2.30. The van der Waals surface area contributed by atoms with Crippen molar-refractivity contribution in [1.82, 2.24) is 15.3 Å². The number of benzene rings is 2. The summed E-state index contributed by atoms with van der Waals surface area (Å²) in [5, 5.41) is 11.3. The first-order valence-electron chi connectivity index (χ1n) is 12.0. The molecule has 3 N–H and O–H groups in total. The van der Waals surface area contributed by atoms with Crippen LogP contribution in [0.3, 0.4) is 0 Å². The minimum Gasteiger partial charge on any atom is -0.405 e. The molecule has 0 saturated heterocycles. The summed E-state index contributed by atoms with van der Waals surface area (Å²) in [5.74, 6) is 1.21. The molecule has 1 fully saturated rings. The number of halogens is 4. The van der Waals surface area contributed by atoms with Crippen LogP contribution in [0.5, 0.6) is 5.75 Å². The molecule has 0 radical (unpaired) electrons. The number of para-hydroxylation sites is 1. The van der Waals surface area contributed by atoms with Gasteiger partial charge in [0.25, 0.3) is 0 Å². The summed E-state index contributed by atoms with van der Waals surface area (Å²) in [5.41, 5.74) is 1.21. The summed E-state index contributed by atoms with van der Waals surface area (Å²) in [6.45, 7) is 6.59. The molecule has 37 heavy (non-hydrogen) atoms. The Morgan fingerprint density at radius 2 is 1.65 bits per heavy atom. The molecule has 1 aromatic heterocycles. The number of hydrogen-bond acceptors (Lipinski definition) is 6. The number of ether oxygens (including phenoxy) is 1.